The summed E-state index contributed by atoms with van der Waals surface area (Å²) in [5.74, 6) is 0. The van der Waals surface area contributed by atoms with Gasteiger partial charge in [-0.1, -0.05) is 48.5 Å². The highest BCUT2D eigenvalue weighted by Gasteiger charge is 2.12. The third-order valence-electron chi connectivity index (χ3n) is 3.46. The van der Waals surface area contributed by atoms with E-state index >= 15 is 0 Å². The van der Waals surface area contributed by atoms with Crippen LogP contribution in [0.2, 0.25) is 0 Å². The first-order valence-corrected chi connectivity index (χ1v) is 6.84. The molecule has 0 saturated heterocycles. The average molecular weight is 279 g/mol. The molecule has 0 amide bonds. The Kier molecular flexibility index (Phi) is 3.71. The van der Waals surface area contributed by atoms with Crippen LogP contribution < -0.4 is 5.73 Å². The van der Waals surface area contributed by atoms with Gasteiger partial charge in [0, 0.05) is 23.0 Å². The van der Waals surface area contributed by atoms with Gasteiger partial charge < -0.3 is 10.8 Å². The van der Waals surface area contributed by atoms with Gasteiger partial charge in [0.05, 0.1) is 12.7 Å². The molecular weight excluding hydrogens is 262 g/mol. The molecule has 0 saturated carbocycles. The summed E-state index contributed by atoms with van der Waals surface area (Å²) in [6, 6.07) is 17.4. The summed E-state index contributed by atoms with van der Waals surface area (Å²) in [5, 5.41) is 14.6. The zero-order valence-electron chi connectivity index (χ0n) is 11.6. The molecule has 1 heterocycles. The van der Waals surface area contributed by atoms with Gasteiger partial charge in [-0.15, -0.1) is 0 Å². The average Bonchev–Trinajstić information content (AvgIpc) is 2.97. The van der Waals surface area contributed by atoms with Gasteiger partial charge in [0.25, 0.3) is 0 Å². The summed E-state index contributed by atoms with van der Waals surface area (Å²) >= 11 is 0. The minimum atomic E-state index is -0.672. The second kappa shape index (κ2) is 5.81. The molecule has 1 unspecified atom stereocenters. The van der Waals surface area contributed by atoms with Crippen molar-refractivity contribution in [2.24, 2.45) is 0 Å². The lowest BCUT2D eigenvalue weighted by atomic mass is 10.1. The maximum absolute atomic E-state index is 10.3. The van der Waals surface area contributed by atoms with Gasteiger partial charge in [0.1, 0.15) is 6.10 Å². The zero-order chi connectivity index (χ0) is 14.7. The Hall–Kier alpha value is -2.59. The molecule has 21 heavy (non-hydrogen) atoms. The van der Waals surface area contributed by atoms with E-state index < -0.39 is 6.10 Å². The maximum atomic E-state index is 10.3. The SMILES string of the molecule is Nc1ccccc1C(O)Cn1cc(-c2ccccc2)cn1. The molecule has 0 spiro atoms. The van der Waals surface area contributed by atoms with Crippen molar-refractivity contribution in [3.8, 4) is 11.1 Å². The Labute approximate surface area is 123 Å². The molecule has 3 N–H and O–H groups in total. The highest BCUT2D eigenvalue weighted by atomic mass is 16.3. The van der Waals surface area contributed by atoms with Crippen LogP contribution in [0, 0.1) is 0 Å². The Morgan fingerprint density at radius 3 is 2.48 bits per heavy atom. The second-order valence-corrected chi connectivity index (χ2v) is 4.96. The first-order chi connectivity index (χ1) is 10.2. The van der Waals surface area contributed by atoms with E-state index in [1.807, 2.05) is 54.7 Å². The van der Waals surface area contributed by atoms with E-state index in [1.54, 1.807) is 16.9 Å². The molecule has 106 valence electrons. The van der Waals surface area contributed by atoms with Crippen molar-refractivity contribution < 1.29 is 5.11 Å². The number of nitrogens with two attached hydrogens (primary N) is 1. The lowest BCUT2D eigenvalue weighted by Gasteiger charge is -2.13. The minimum absolute atomic E-state index is 0.376. The van der Waals surface area contributed by atoms with Gasteiger partial charge in [-0.25, -0.2) is 0 Å². The third-order valence-corrected chi connectivity index (χ3v) is 3.46. The van der Waals surface area contributed by atoms with Crippen LogP contribution in [0.5, 0.6) is 0 Å². The number of aromatic nitrogens is 2. The molecule has 0 fully saturated rings. The fourth-order valence-electron chi connectivity index (χ4n) is 2.33. The summed E-state index contributed by atoms with van der Waals surface area (Å²) in [7, 11) is 0. The summed E-state index contributed by atoms with van der Waals surface area (Å²) in [6.45, 7) is 0.376. The van der Waals surface area contributed by atoms with Crippen LogP contribution in [-0.4, -0.2) is 14.9 Å². The lowest BCUT2D eigenvalue weighted by molar-refractivity contribution is 0.152. The predicted molar refractivity (Wildman–Crippen MR) is 83.5 cm³/mol. The number of anilines is 1. The number of hydrogen-bond donors (Lipinski definition) is 2. The Bertz CT molecular complexity index is 722. The van der Waals surface area contributed by atoms with Crippen LogP contribution in [-0.2, 0) is 6.54 Å². The summed E-state index contributed by atoms with van der Waals surface area (Å²) in [5.41, 5.74) is 9.35. The van der Waals surface area contributed by atoms with Crippen LogP contribution >= 0.6 is 0 Å². The van der Waals surface area contributed by atoms with E-state index in [4.69, 9.17) is 5.73 Å². The zero-order valence-corrected chi connectivity index (χ0v) is 11.6. The summed E-state index contributed by atoms with van der Waals surface area (Å²) in [6.07, 6.45) is 3.06. The molecule has 2 aromatic carbocycles. The van der Waals surface area contributed by atoms with Crippen molar-refractivity contribution in [3.63, 3.8) is 0 Å². The van der Waals surface area contributed by atoms with E-state index in [0.717, 1.165) is 16.7 Å². The Morgan fingerprint density at radius 1 is 1.00 bits per heavy atom. The topological polar surface area (TPSA) is 64.1 Å². The number of nitrogens with zero attached hydrogens (tertiary/aromatic N) is 2. The molecule has 0 radical (unpaired) electrons. The van der Waals surface area contributed by atoms with Crippen molar-refractivity contribution >= 4 is 5.69 Å². The first-order valence-electron chi connectivity index (χ1n) is 6.84. The number of benzene rings is 2. The minimum Gasteiger partial charge on any atom is -0.398 e. The summed E-state index contributed by atoms with van der Waals surface area (Å²) in [4.78, 5) is 0. The molecule has 0 aliphatic heterocycles. The molecular formula is C17H17N3O. The second-order valence-electron chi connectivity index (χ2n) is 4.96. The van der Waals surface area contributed by atoms with E-state index in [1.165, 1.54) is 0 Å². The van der Waals surface area contributed by atoms with E-state index in [9.17, 15) is 5.11 Å². The Balaban J connectivity index is 1.77. The van der Waals surface area contributed by atoms with Crippen LogP contribution in [0.25, 0.3) is 11.1 Å². The highest BCUT2D eigenvalue weighted by Crippen LogP contribution is 2.23. The number of nitrogen functional groups attached to an aromatic ring is 1. The molecule has 1 aromatic heterocycles. The lowest BCUT2D eigenvalue weighted by Crippen LogP contribution is -2.10. The first kappa shape index (κ1) is 13.4. The van der Waals surface area contributed by atoms with Gasteiger partial charge in [-0.05, 0) is 11.6 Å². The van der Waals surface area contributed by atoms with Crippen LogP contribution in [0.4, 0.5) is 5.69 Å². The fourth-order valence-corrected chi connectivity index (χ4v) is 2.33. The number of rotatable bonds is 4. The third kappa shape index (κ3) is 2.95. The van der Waals surface area contributed by atoms with E-state index in [0.29, 0.717) is 12.2 Å². The van der Waals surface area contributed by atoms with Crippen LogP contribution in [0.3, 0.4) is 0 Å². The van der Waals surface area contributed by atoms with Crippen molar-refractivity contribution in [2.45, 2.75) is 12.6 Å². The molecule has 0 aliphatic carbocycles. The molecule has 0 aliphatic rings. The van der Waals surface area contributed by atoms with Crippen LogP contribution in [0.1, 0.15) is 11.7 Å². The molecule has 0 bridgehead atoms. The number of aliphatic hydroxyl groups excluding tert-OH is 1. The molecule has 1 atom stereocenters. The number of aliphatic hydroxyl groups is 1. The standard InChI is InChI=1S/C17H17N3O/c18-16-9-5-4-8-15(16)17(21)12-20-11-14(10-19-20)13-6-2-1-3-7-13/h1-11,17,21H,12,18H2. The van der Waals surface area contributed by atoms with Gasteiger partial charge in [-0.2, -0.15) is 5.10 Å². The quantitative estimate of drug-likeness (QED) is 0.722. The normalized spacial score (nSPS) is 12.2. The smallest absolute Gasteiger partial charge is 0.101 e. The fraction of sp³-hybridized carbons (Fsp3) is 0.118. The van der Waals surface area contributed by atoms with Crippen molar-refractivity contribution in [1.29, 1.82) is 0 Å². The monoisotopic (exact) mass is 279 g/mol. The molecule has 4 heteroatoms. The number of para-hydroxylation sites is 1. The molecule has 3 aromatic rings. The highest BCUT2D eigenvalue weighted by molar-refractivity contribution is 5.61. The van der Waals surface area contributed by atoms with Crippen molar-refractivity contribution in [3.05, 3.63) is 72.6 Å². The predicted octanol–water partition coefficient (Wildman–Crippen LogP) is 2.87. The van der Waals surface area contributed by atoms with Gasteiger partial charge >= 0.3 is 0 Å². The number of hydrogen-bond acceptors (Lipinski definition) is 3. The van der Waals surface area contributed by atoms with Gasteiger partial charge in [-0.3, -0.25) is 4.68 Å². The van der Waals surface area contributed by atoms with E-state index in [-0.39, 0.29) is 0 Å². The van der Waals surface area contributed by atoms with Gasteiger partial charge in [0.2, 0.25) is 0 Å². The van der Waals surface area contributed by atoms with E-state index in [2.05, 4.69) is 5.10 Å². The molecule has 4 nitrogen and oxygen atoms in total. The summed E-state index contributed by atoms with van der Waals surface area (Å²) < 4.78 is 1.74. The van der Waals surface area contributed by atoms with Crippen LogP contribution in [0.15, 0.2) is 67.0 Å². The molecule has 3 rings (SSSR count). The Morgan fingerprint density at radius 2 is 1.71 bits per heavy atom. The largest absolute Gasteiger partial charge is 0.398 e. The van der Waals surface area contributed by atoms with Crippen molar-refractivity contribution in [1.82, 2.24) is 9.78 Å². The van der Waals surface area contributed by atoms with Crippen molar-refractivity contribution in [2.75, 3.05) is 5.73 Å². The maximum Gasteiger partial charge on any atom is 0.101 e. The van der Waals surface area contributed by atoms with Gasteiger partial charge in [0.15, 0.2) is 0 Å².